The van der Waals surface area contributed by atoms with Gasteiger partial charge in [-0.2, -0.15) is 5.10 Å². The predicted octanol–water partition coefficient (Wildman–Crippen LogP) is 2.77. The van der Waals surface area contributed by atoms with Crippen LogP contribution >= 0.6 is 24.0 Å². The van der Waals surface area contributed by atoms with Crippen molar-refractivity contribution in [1.29, 1.82) is 0 Å². The van der Waals surface area contributed by atoms with Gasteiger partial charge in [-0.3, -0.25) is 4.79 Å². The van der Waals surface area contributed by atoms with Crippen molar-refractivity contribution in [2.75, 3.05) is 13.1 Å². The van der Waals surface area contributed by atoms with E-state index in [1.807, 2.05) is 29.2 Å². The minimum absolute atomic E-state index is 0. The fourth-order valence-electron chi connectivity index (χ4n) is 2.70. The maximum Gasteiger partial charge on any atom is 0.257 e. The Morgan fingerprint density at radius 2 is 2.17 bits per heavy atom. The molecule has 2 aromatic rings. The summed E-state index contributed by atoms with van der Waals surface area (Å²) in [4.78, 5) is 14.6. The van der Waals surface area contributed by atoms with E-state index in [0.717, 1.165) is 12.2 Å². The number of carbonyl (C=O) groups excluding carboxylic acids is 1. The van der Waals surface area contributed by atoms with Gasteiger partial charge in [-0.1, -0.05) is 17.7 Å². The zero-order valence-corrected chi connectivity index (χ0v) is 14.6. The van der Waals surface area contributed by atoms with Gasteiger partial charge in [0.15, 0.2) is 0 Å². The highest BCUT2D eigenvalue weighted by Gasteiger charge is 2.29. The van der Waals surface area contributed by atoms with Crippen molar-refractivity contribution in [2.45, 2.75) is 25.9 Å². The Hall–Kier alpha value is -1.56. The molecule has 1 N–H and O–H groups in total. The van der Waals surface area contributed by atoms with Gasteiger partial charge in [0.1, 0.15) is 0 Å². The van der Waals surface area contributed by atoms with Crippen LogP contribution in [0.1, 0.15) is 24.2 Å². The molecule has 0 radical (unpaired) electrons. The lowest BCUT2D eigenvalue weighted by atomic mass is 10.1. The molecule has 1 aromatic carbocycles. The molecule has 7 heteroatoms. The van der Waals surface area contributed by atoms with Crippen molar-refractivity contribution >= 4 is 29.9 Å². The molecule has 1 fully saturated rings. The number of nitrogens with one attached hydrogen (secondary N) is 1. The zero-order chi connectivity index (χ0) is 15.7. The molecule has 2 heterocycles. The molecular weight excluding hydrogens is 335 g/mol. The van der Waals surface area contributed by atoms with Crippen LogP contribution in [0, 0.1) is 0 Å². The number of rotatable bonds is 2. The molecule has 0 saturated carbocycles. The minimum Gasteiger partial charge on any atom is -0.333 e. The Morgan fingerprint density at radius 1 is 1.39 bits per heavy atom. The lowest BCUT2D eigenvalue weighted by Gasteiger charge is -2.38. The van der Waals surface area contributed by atoms with E-state index in [0.29, 0.717) is 23.2 Å². The Morgan fingerprint density at radius 3 is 2.91 bits per heavy atom. The van der Waals surface area contributed by atoms with Gasteiger partial charge >= 0.3 is 0 Å². The van der Waals surface area contributed by atoms with Gasteiger partial charge in [-0.15, -0.1) is 12.4 Å². The summed E-state index contributed by atoms with van der Waals surface area (Å²) in [5.41, 5.74) is 1.44. The van der Waals surface area contributed by atoms with Crippen LogP contribution in [0.25, 0.3) is 5.69 Å². The van der Waals surface area contributed by atoms with E-state index in [2.05, 4.69) is 24.3 Å². The number of hydrogen-bond donors (Lipinski definition) is 1. The Bertz CT molecular complexity index is 688. The van der Waals surface area contributed by atoms with E-state index in [9.17, 15) is 4.79 Å². The molecule has 2 atom stereocenters. The summed E-state index contributed by atoms with van der Waals surface area (Å²) in [6, 6.07) is 7.85. The third-order valence-electron chi connectivity index (χ3n) is 4.20. The number of benzene rings is 1. The standard InChI is InChI=1S/C16H19ClN4O.ClH/c1-11-12(2)20(7-6-18-11)16(22)13-9-19-21(10-13)15-5-3-4-14(17)8-15;/h3-5,8-12,18H,6-7H2,1-2H3;1H. The third-order valence-corrected chi connectivity index (χ3v) is 4.43. The smallest absolute Gasteiger partial charge is 0.257 e. The van der Waals surface area contributed by atoms with Crippen LogP contribution in [0.15, 0.2) is 36.7 Å². The molecule has 1 amide bonds. The molecule has 5 nitrogen and oxygen atoms in total. The highest BCUT2D eigenvalue weighted by molar-refractivity contribution is 6.30. The maximum atomic E-state index is 12.7. The van der Waals surface area contributed by atoms with E-state index < -0.39 is 0 Å². The van der Waals surface area contributed by atoms with Crippen LogP contribution in [0.2, 0.25) is 5.02 Å². The van der Waals surface area contributed by atoms with Gasteiger partial charge in [0.25, 0.3) is 5.91 Å². The van der Waals surface area contributed by atoms with Crippen LogP contribution < -0.4 is 5.32 Å². The summed E-state index contributed by atoms with van der Waals surface area (Å²) in [6.45, 7) is 5.70. The van der Waals surface area contributed by atoms with Gasteiger partial charge in [0, 0.05) is 36.4 Å². The van der Waals surface area contributed by atoms with Crippen molar-refractivity contribution in [1.82, 2.24) is 20.0 Å². The average molecular weight is 355 g/mol. The molecule has 23 heavy (non-hydrogen) atoms. The molecule has 2 unspecified atom stereocenters. The number of halogens is 2. The zero-order valence-electron chi connectivity index (χ0n) is 13.1. The van der Waals surface area contributed by atoms with Gasteiger partial charge in [0.2, 0.25) is 0 Å². The summed E-state index contributed by atoms with van der Waals surface area (Å²) in [5.74, 6) is 0.0223. The lowest BCUT2D eigenvalue weighted by Crippen LogP contribution is -2.57. The SMILES string of the molecule is CC1NCCN(C(=O)c2cnn(-c3cccc(Cl)c3)c2)C1C.Cl. The number of amides is 1. The summed E-state index contributed by atoms with van der Waals surface area (Å²) >= 11 is 6.00. The number of carbonyl (C=O) groups is 1. The second-order valence-electron chi connectivity index (χ2n) is 5.64. The highest BCUT2D eigenvalue weighted by atomic mass is 35.5. The summed E-state index contributed by atoms with van der Waals surface area (Å²) in [7, 11) is 0. The first kappa shape index (κ1) is 17.8. The normalized spacial score (nSPS) is 20.9. The van der Waals surface area contributed by atoms with Gasteiger partial charge in [0.05, 0.1) is 17.4 Å². The Labute approximate surface area is 147 Å². The first-order valence-corrected chi connectivity index (χ1v) is 7.79. The largest absolute Gasteiger partial charge is 0.333 e. The first-order valence-electron chi connectivity index (χ1n) is 7.41. The topological polar surface area (TPSA) is 50.2 Å². The van der Waals surface area contributed by atoms with Crippen LogP contribution in [0.3, 0.4) is 0 Å². The monoisotopic (exact) mass is 354 g/mol. The molecular formula is C16H20Cl2N4O. The fourth-order valence-corrected chi connectivity index (χ4v) is 2.89. The van der Waals surface area contributed by atoms with Gasteiger partial charge in [-0.25, -0.2) is 4.68 Å². The molecule has 1 aliphatic rings. The highest BCUT2D eigenvalue weighted by Crippen LogP contribution is 2.17. The van der Waals surface area contributed by atoms with Gasteiger partial charge in [-0.05, 0) is 32.0 Å². The molecule has 124 valence electrons. The number of aromatic nitrogens is 2. The van der Waals surface area contributed by atoms with E-state index >= 15 is 0 Å². The average Bonchev–Trinajstić information content (AvgIpc) is 2.99. The third kappa shape index (κ3) is 3.68. The second-order valence-corrected chi connectivity index (χ2v) is 6.07. The van der Waals surface area contributed by atoms with Crippen LogP contribution in [0.5, 0.6) is 0 Å². The number of piperazine rings is 1. The van der Waals surface area contributed by atoms with E-state index in [-0.39, 0.29) is 24.4 Å². The summed E-state index contributed by atoms with van der Waals surface area (Å²) < 4.78 is 1.68. The van der Waals surface area contributed by atoms with Crippen molar-refractivity contribution < 1.29 is 4.79 Å². The molecule has 1 saturated heterocycles. The van der Waals surface area contributed by atoms with Gasteiger partial charge < -0.3 is 10.2 Å². The van der Waals surface area contributed by atoms with Crippen molar-refractivity contribution in [3.63, 3.8) is 0 Å². The molecule has 3 rings (SSSR count). The van der Waals surface area contributed by atoms with E-state index in [1.165, 1.54) is 0 Å². The second kappa shape index (κ2) is 7.34. The van der Waals surface area contributed by atoms with Crippen LogP contribution in [0.4, 0.5) is 0 Å². The van der Waals surface area contributed by atoms with Crippen LogP contribution in [-0.2, 0) is 0 Å². The molecule has 1 aliphatic heterocycles. The first-order chi connectivity index (χ1) is 10.6. The van der Waals surface area contributed by atoms with Crippen molar-refractivity contribution in [3.05, 3.63) is 47.2 Å². The molecule has 1 aromatic heterocycles. The van der Waals surface area contributed by atoms with Crippen molar-refractivity contribution in [2.24, 2.45) is 0 Å². The summed E-state index contributed by atoms with van der Waals surface area (Å²) in [5, 5.41) is 8.30. The molecule has 0 aliphatic carbocycles. The maximum absolute atomic E-state index is 12.7. The van der Waals surface area contributed by atoms with E-state index in [4.69, 9.17) is 11.6 Å². The quantitative estimate of drug-likeness (QED) is 0.901. The number of nitrogens with zero attached hydrogens (tertiary/aromatic N) is 3. The summed E-state index contributed by atoms with van der Waals surface area (Å²) in [6.07, 6.45) is 3.37. The minimum atomic E-state index is 0. The number of hydrogen-bond acceptors (Lipinski definition) is 3. The Kier molecular flexibility index (Phi) is 5.68. The Balaban J connectivity index is 0.00000192. The van der Waals surface area contributed by atoms with E-state index in [1.54, 1.807) is 17.1 Å². The fraction of sp³-hybridized carbons (Fsp3) is 0.375. The lowest BCUT2D eigenvalue weighted by molar-refractivity contribution is 0.0603. The van der Waals surface area contributed by atoms with Crippen LogP contribution in [-0.4, -0.2) is 45.8 Å². The molecule has 0 spiro atoms. The predicted molar refractivity (Wildman–Crippen MR) is 93.8 cm³/mol. The van der Waals surface area contributed by atoms with Crippen molar-refractivity contribution in [3.8, 4) is 5.69 Å². The molecule has 0 bridgehead atoms.